The Kier molecular flexibility index (Phi) is 4.22. The van der Waals surface area contributed by atoms with Crippen LogP contribution in [0.1, 0.15) is 36.1 Å². The maximum absolute atomic E-state index is 5.96. The van der Waals surface area contributed by atoms with Crippen LogP contribution in [0.15, 0.2) is 30.3 Å². The van der Waals surface area contributed by atoms with Crippen LogP contribution in [-0.4, -0.2) is 0 Å². The maximum atomic E-state index is 5.96. The molecular formula is C16H20ClNS. The third-order valence-electron chi connectivity index (χ3n) is 3.04. The average Bonchev–Trinajstić information content (AvgIpc) is 2.76. The molecule has 0 saturated heterocycles. The summed E-state index contributed by atoms with van der Waals surface area (Å²) < 4.78 is 0. The lowest BCUT2D eigenvalue weighted by Crippen LogP contribution is -2.07. The van der Waals surface area contributed by atoms with Crippen molar-refractivity contribution in [2.75, 3.05) is 5.32 Å². The largest absolute Gasteiger partial charge is 0.380 e. The zero-order chi connectivity index (χ0) is 14.0. The molecule has 2 rings (SSSR count). The first-order valence-electron chi connectivity index (χ1n) is 6.45. The molecule has 1 heterocycles. The molecule has 0 unspecified atom stereocenters. The van der Waals surface area contributed by atoms with Crippen LogP contribution in [0.3, 0.4) is 0 Å². The van der Waals surface area contributed by atoms with E-state index in [1.807, 2.05) is 29.5 Å². The average molecular weight is 294 g/mol. The van der Waals surface area contributed by atoms with Gasteiger partial charge in [0.15, 0.2) is 0 Å². The summed E-state index contributed by atoms with van der Waals surface area (Å²) in [6.45, 7) is 9.69. The van der Waals surface area contributed by atoms with Gasteiger partial charge in [-0.25, -0.2) is 0 Å². The van der Waals surface area contributed by atoms with Gasteiger partial charge in [-0.05, 0) is 48.2 Å². The van der Waals surface area contributed by atoms with Gasteiger partial charge in [-0.2, -0.15) is 0 Å². The Hall–Kier alpha value is -0.990. The first-order valence-corrected chi connectivity index (χ1v) is 7.65. The van der Waals surface area contributed by atoms with Crippen molar-refractivity contribution < 1.29 is 0 Å². The van der Waals surface area contributed by atoms with Gasteiger partial charge in [-0.3, -0.25) is 0 Å². The predicted octanol–water partition coefficient (Wildman–Crippen LogP) is 5.62. The van der Waals surface area contributed by atoms with E-state index in [4.69, 9.17) is 11.6 Å². The summed E-state index contributed by atoms with van der Waals surface area (Å²) in [5.41, 5.74) is 2.56. The van der Waals surface area contributed by atoms with E-state index in [1.165, 1.54) is 15.3 Å². The molecule has 0 bridgehead atoms. The molecule has 1 nitrogen and oxygen atoms in total. The molecule has 0 spiro atoms. The molecule has 0 radical (unpaired) electrons. The van der Waals surface area contributed by atoms with Crippen LogP contribution in [0.2, 0.25) is 5.02 Å². The highest BCUT2D eigenvalue weighted by Crippen LogP contribution is 2.30. The van der Waals surface area contributed by atoms with Crippen LogP contribution in [0.4, 0.5) is 5.69 Å². The van der Waals surface area contributed by atoms with Crippen LogP contribution in [0.5, 0.6) is 0 Å². The Morgan fingerprint density at radius 2 is 1.89 bits per heavy atom. The van der Waals surface area contributed by atoms with Crippen LogP contribution in [0.25, 0.3) is 0 Å². The van der Waals surface area contributed by atoms with E-state index in [1.54, 1.807) is 0 Å². The van der Waals surface area contributed by atoms with Gasteiger partial charge in [0, 0.05) is 27.0 Å². The molecule has 19 heavy (non-hydrogen) atoms. The number of nitrogens with one attached hydrogen (secondary N) is 1. The van der Waals surface area contributed by atoms with E-state index in [9.17, 15) is 0 Å². The highest BCUT2D eigenvalue weighted by molar-refractivity contribution is 7.12. The number of hydrogen-bond acceptors (Lipinski definition) is 2. The van der Waals surface area contributed by atoms with Gasteiger partial charge in [0.25, 0.3) is 0 Å². The number of halogens is 1. The van der Waals surface area contributed by atoms with Gasteiger partial charge in [-0.1, -0.05) is 32.4 Å². The van der Waals surface area contributed by atoms with E-state index < -0.39 is 0 Å². The standard InChI is InChI=1S/C16H20ClNS/c1-11-9-12(17)5-7-14(11)18-10-13-6-8-15(19-13)16(2,3)4/h5-9,18H,10H2,1-4H3. The number of thiophene rings is 1. The second-order valence-electron chi connectivity index (χ2n) is 5.83. The fourth-order valence-electron chi connectivity index (χ4n) is 1.88. The minimum Gasteiger partial charge on any atom is -0.380 e. The van der Waals surface area contributed by atoms with Crippen molar-refractivity contribution in [1.82, 2.24) is 0 Å². The fourth-order valence-corrected chi connectivity index (χ4v) is 3.12. The molecule has 3 heteroatoms. The van der Waals surface area contributed by atoms with Crippen LogP contribution >= 0.6 is 22.9 Å². The van der Waals surface area contributed by atoms with E-state index in [2.05, 4.69) is 45.1 Å². The lowest BCUT2D eigenvalue weighted by Gasteiger charge is -2.15. The first-order chi connectivity index (χ1) is 8.86. The normalized spacial score (nSPS) is 11.6. The Balaban J connectivity index is 2.04. The van der Waals surface area contributed by atoms with Gasteiger partial charge in [0.2, 0.25) is 0 Å². The highest BCUT2D eigenvalue weighted by atomic mass is 35.5. The summed E-state index contributed by atoms with van der Waals surface area (Å²) in [4.78, 5) is 2.79. The molecule has 0 aliphatic carbocycles. The number of rotatable bonds is 3. The Labute approximate surface area is 124 Å². The molecule has 102 valence electrons. The van der Waals surface area contributed by atoms with Crippen molar-refractivity contribution >= 4 is 28.6 Å². The number of benzene rings is 1. The van der Waals surface area contributed by atoms with Gasteiger partial charge in [0.1, 0.15) is 0 Å². The van der Waals surface area contributed by atoms with Gasteiger partial charge >= 0.3 is 0 Å². The second kappa shape index (κ2) is 5.56. The van der Waals surface area contributed by atoms with Gasteiger partial charge in [-0.15, -0.1) is 11.3 Å². The lowest BCUT2D eigenvalue weighted by atomic mass is 9.95. The molecule has 0 saturated carbocycles. The van der Waals surface area contributed by atoms with Crippen LogP contribution in [0, 0.1) is 6.92 Å². The van der Waals surface area contributed by atoms with Crippen LogP contribution in [-0.2, 0) is 12.0 Å². The quantitative estimate of drug-likeness (QED) is 0.774. The summed E-state index contributed by atoms with van der Waals surface area (Å²) in [6, 6.07) is 10.4. The number of aryl methyl sites for hydroxylation is 1. The Bertz CT molecular complexity index is 566. The molecule has 1 N–H and O–H groups in total. The maximum Gasteiger partial charge on any atom is 0.0494 e. The number of anilines is 1. The molecule has 1 aromatic heterocycles. The van der Waals surface area contributed by atoms with Gasteiger partial charge < -0.3 is 5.32 Å². The first kappa shape index (κ1) is 14.4. The van der Waals surface area contributed by atoms with Crippen molar-refractivity contribution in [1.29, 1.82) is 0 Å². The zero-order valence-electron chi connectivity index (χ0n) is 11.9. The zero-order valence-corrected chi connectivity index (χ0v) is 13.5. The SMILES string of the molecule is Cc1cc(Cl)ccc1NCc1ccc(C(C)(C)C)s1. The lowest BCUT2D eigenvalue weighted by molar-refractivity contribution is 0.604. The van der Waals surface area contributed by atoms with E-state index in [0.29, 0.717) is 0 Å². The van der Waals surface area contributed by atoms with Crippen molar-refractivity contribution in [3.05, 3.63) is 50.7 Å². The van der Waals surface area contributed by atoms with E-state index in [-0.39, 0.29) is 5.41 Å². The molecule has 0 fully saturated rings. The summed E-state index contributed by atoms with van der Waals surface area (Å²) in [7, 11) is 0. The Morgan fingerprint density at radius 1 is 1.16 bits per heavy atom. The highest BCUT2D eigenvalue weighted by Gasteiger charge is 2.15. The monoisotopic (exact) mass is 293 g/mol. The van der Waals surface area contributed by atoms with E-state index >= 15 is 0 Å². The molecule has 1 aromatic carbocycles. The molecule has 0 atom stereocenters. The van der Waals surface area contributed by atoms with Crippen molar-refractivity contribution in [2.45, 2.75) is 39.7 Å². The molecular weight excluding hydrogens is 274 g/mol. The summed E-state index contributed by atoms with van der Waals surface area (Å²) in [6.07, 6.45) is 0. The van der Waals surface area contributed by atoms with Gasteiger partial charge in [0.05, 0.1) is 0 Å². The minimum atomic E-state index is 0.235. The summed E-state index contributed by atoms with van der Waals surface area (Å²) in [5.74, 6) is 0. The third kappa shape index (κ3) is 3.74. The number of hydrogen-bond donors (Lipinski definition) is 1. The predicted molar refractivity (Wildman–Crippen MR) is 86.5 cm³/mol. The topological polar surface area (TPSA) is 12.0 Å². The molecule has 0 aliphatic rings. The van der Waals surface area contributed by atoms with E-state index in [0.717, 1.165) is 17.3 Å². The fraction of sp³-hybridized carbons (Fsp3) is 0.375. The summed E-state index contributed by atoms with van der Waals surface area (Å²) in [5, 5.41) is 4.26. The van der Waals surface area contributed by atoms with Crippen molar-refractivity contribution in [3.63, 3.8) is 0 Å². The minimum absolute atomic E-state index is 0.235. The molecule has 2 aromatic rings. The molecule has 0 aliphatic heterocycles. The Morgan fingerprint density at radius 3 is 2.47 bits per heavy atom. The summed E-state index contributed by atoms with van der Waals surface area (Å²) >= 11 is 7.84. The van der Waals surface area contributed by atoms with Crippen molar-refractivity contribution in [3.8, 4) is 0 Å². The smallest absolute Gasteiger partial charge is 0.0494 e. The third-order valence-corrected chi connectivity index (χ3v) is 4.79. The van der Waals surface area contributed by atoms with Crippen molar-refractivity contribution in [2.24, 2.45) is 0 Å². The molecule has 0 amide bonds. The van der Waals surface area contributed by atoms with Crippen LogP contribution < -0.4 is 5.32 Å². The second-order valence-corrected chi connectivity index (χ2v) is 7.43.